The van der Waals surface area contributed by atoms with Crippen molar-refractivity contribution in [2.45, 2.75) is 18.4 Å². The summed E-state index contributed by atoms with van der Waals surface area (Å²) >= 11 is 0. The summed E-state index contributed by atoms with van der Waals surface area (Å²) in [6.45, 7) is 6.64. The molecule has 1 aromatic heterocycles. The molecule has 2 aliphatic rings. The second-order valence-corrected chi connectivity index (χ2v) is 6.83. The van der Waals surface area contributed by atoms with Gasteiger partial charge in [0, 0.05) is 49.8 Å². The number of piperazine rings is 1. The highest BCUT2D eigenvalue weighted by atomic mass is 15.3. The number of hydrogen-bond acceptors (Lipinski definition) is 4. The van der Waals surface area contributed by atoms with Crippen LogP contribution in [0.5, 0.6) is 0 Å². The smallest absolute Gasteiger partial charge is 0.0486 e. The first-order chi connectivity index (χ1) is 11.9. The zero-order valence-corrected chi connectivity index (χ0v) is 14.2. The number of piperidine rings is 1. The highest BCUT2D eigenvalue weighted by Crippen LogP contribution is 2.38. The summed E-state index contributed by atoms with van der Waals surface area (Å²) in [5, 5.41) is 3.54. The molecule has 0 unspecified atom stereocenters. The molecule has 4 nitrogen and oxygen atoms in total. The Labute approximate surface area is 144 Å². The van der Waals surface area contributed by atoms with Crippen molar-refractivity contribution in [3.05, 3.63) is 60.4 Å². The van der Waals surface area contributed by atoms with Crippen LogP contribution in [0.1, 0.15) is 18.4 Å². The minimum absolute atomic E-state index is 0.205. The summed E-state index contributed by atoms with van der Waals surface area (Å²) in [4.78, 5) is 9.36. The van der Waals surface area contributed by atoms with Gasteiger partial charge in [-0.2, -0.15) is 0 Å². The van der Waals surface area contributed by atoms with Crippen LogP contribution in [0.2, 0.25) is 0 Å². The highest BCUT2D eigenvalue weighted by molar-refractivity contribution is 5.45. The molecule has 2 aliphatic heterocycles. The van der Waals surface area contributed by atoms with Crippen molar-refractivity contribution in [1.29, 1.82) is 0 Å². The number of nitrogens with one attached hydrogen (secondary N) is 1. The molecule has 126 valence electrons. The van der Waals surface area contributed by atoms with E-state index in [1.807, 2.05) is 12.4 Å². The van der Waals surface area contributed by atoms with E-state index in [1.165, 1.54) is 24.1 Å². The van der Waals surface area contributed by atoms with E-state index in [2.05, 4.69) is 62.6 Å². The maximum Gasteiger partial charge on any atom is 0.0486 e. The average Bonchev–Trinajstić information content (AvgIpc) is 2.70. The predicted molar refractivity (Wildman–Crippen MR) is 98.2 cm³/mol. The van der Waals surface area contributed by atoms with E-state index in [4.69, 9.17) is 0 Å². The number of pyridine rings is 1. The molecule has 0 aliphatic carbocycles. The van der Waals surface area contributed by atoms with Gasteiger partial charge in [0.05, 0.1) is 0 Å². The fourth-order valence-electron chi connectivity index (χ4n) is 4.32. The molecule has 0 saturated carbocycles. The number of aromatic nitrogens is 1. The quantitative estimate of drug-likeness (QED) is 0.941. The number of nitrogens with zero attached hydrogens (tertiary/aromatic N) is 3. The van der Waals surface area contributed by atoms with Crippen LogP contribution in [0.4, 0.5) is 5.69 Å². The molecule has 2 saturated heterocycles. The van der Waals surface area contributed by atoms with Gasteiger partial charge in [0.25, 0.3) is 0 Å². The van der Waals surface area contributed by atoms with Gasteiger partial charge in [-0.05, 0) is 43.6 Å². The number of benzene rings is 1. The van der Waals surface area contributed by atoms with Crippen LogP contribution in [0.25, 0.3) is 0 Å². The van der Waals surface area contributed by atoms with E-state index in [0.29, 0.717) is 0 Å². The number of anilines is 1. The Hall–Kier alpha value is -1.91. The Kier molecular flexibility index (Phi) is 4.50. The van der Waals surface area contributed by atoms with Crippen LogP contribution in [0.3, 0.4) is 0 Å². The van der Waals surface area contributed by atoms with Gasteiger partial charge in [-0.3, -0.25) is 9.88 Å². The van der Waals surface area contributed by atoms with Gasteiger partial charge >= 0.3 is 0 Å². The van der Waals surface area contributed by atoms with Crippen LogP contribution >= 0.6 is 0 Å². The van der Waals surface area contributed by atoms with Crippen molar-refractivity contribution in [1.82, 2.24) is 15.2 Å². The van der Waals surface area contributed by atoms with Gasteiger partial charge in [0.2, 0.25) is 0 Å². The number of hydrogen-bond donors (Lipinski definition) is 1. The van der Waals surface area contributed by atoms with Gasteiger partial charge in [0.15, 0.2) is 0 Å². The summed E-state index contributed by atoms with van der Waals surface area (Å²) in [5.41, 5.74) is 2.99. The van der Waals surface area contributed by atoms with E-state index in [1.54, 1.807) is 0 Å². The zero-order chi connectivity index (χ0) is 16.2. The van der Waals surface area contributed by atoms with Crippen LogP contribution in [0, 0.1) is 0 Å². The molecule has 0 radical (unpaired) electrons. The molecule has 2 aromatic rings. The summed E-state index contributed by atoms with van der Waals surface area (Å²) < 4.78 is 0. The van der Waals surface area contributed by atoms with E-state index in [9.17, 15) is 0 Å². The molecule has 4 rings (SSSR count). The zero-order valence-electron chi connectivity index (χ0n) is 14.2. The molecule has 0 atom stereocenters. The summed E-state index contributed by atoms with van der Waals surface area (Å²) in [6.07, 6.45) is 6.18. The molecule has 0 spiro atoms. The van der Waals surface area contributed by atoms with E-state index >= 15 is 0 Å². The minimum Gasteiger partial charge on any atom is -0.369 e. The second kappa shape index (κ2) is 6.91. The van der Waals surface area contributed by atoms with Crippen LogP contribution < -0.4 is 10.2 Å². The first-order valence-corrected chi connectivity index (χ1v) is 9.05. The van der Waals surface area contributed by atoms with Crippen LogP contribution in [-0.2, 0) is 5.54 Å². The largest absolute Gasteiger partial charge is 0.369 e. The Morgan fingerprint density at radius 3 is 2.17 bits per heavy atom. The van der Waals surface area contributed by atoms with Crippen molar-refractivity contribution in [3.8, 4) is 0 Å². The van der Waals surface area contributed by atoms with Crippen molar-refractivity contribution >= 4 is 5.69 Å². The molecule has 2 fully saturated rings. The maximum atomic E-state index is 4.14. The Morgan fingerprint density at radius 1 is 0.833 bits per heavy atom. The van der Waals surface area contributed by atoms with Crippen molar-refractivity contribution in [2.24, 2.45) is 0 Å². The second-order valence-electron chi connectivity index (χ2n) is 6.83. The predicted octanol–water partition coefficient (Wildman–Crippen LogP) is 2.48. The third kappa shape index (κ3) is 2.92. The van der Waals surface area contributed by atoms with Crippen LogP contribution in [-0.4, -0.2) is 49.2 Å². The Bertz CT molecular complexity index is 629. The molecule has 1 aromatic carbocycles. The highest BCUT2D eigenvalue weighted by Gasteiger charge is 2.40. The van der Waals surface area contributed by atoms with E-state index < -0.39 is 0 Å². The monoisotopic (exact) mass is 322 g/mol. The standard InChI is InChI=1S/C20H26N4/c1-2-4-18(5-3-1)20(8-12-22-13-9-20)24-16-14-23(15-17-24)19-6-10-21-11-7-19/h1-7,10-11,22H,8-9,12-17H2. The maximum absolute atomic E-state index is 4.14. The SMILES string of the molecule is c1ccc(C2(N3CCN(c4ccncc4)CC3)CCNCC2)cc1. The lowest BCUT2D eigenvalue weighted by atomic mass is 9.79. The molecule has 0 bridgehead atoms. The molecule has 1 N–H and O–H groups in total. The molecular formula is C20H26N4. The molecular weight excluding hydrogens is 296 g/mol. The van der Waals surface area contributed by atoms with Gasteiger partial charge < -0.3 is 10.2 Å². The lowest BCUT2D eigenvalue weighted by Crippen LogP contribution is -2.58. The molecule has 4 heteroatoms. The van der Waals surface area contributed by atoms with Gasteiger partial charge in [0.1, 0.15) is 0 Å². The number of rotatable bonds is 3. The fraction of sp³-hybridized carbons (Fsp3) is 0.450. The van der Waals surface area contributed by atoms with E-state index in [0.717, 1.165) is 39.3 Å². The van der Waals surface area contributed by atoms with Gasteiger partial charge in [-0.1, -0.05) is 30.3 Å². The lowest BCUT2D eigenvalue weighted by Gasteiger charge is -2.50. The lowest BCUT2D eigenvalue weighted by molar-refractivity contribution is 0.0477. The van der Waals surface area contributed by atoms with E-state index in [-0.39, 0.29) is 5.54 Å². The van der Waals surface area contributed by atoms with Crippen molar-refractivity contribution in [2.75, 3.05) is 44.2 Å². The molecule has 3 heterocycles. The molecule has 24 heavy (non-hydrogen) atoms. The third-order valence-electron chi connectivity index (χ3n) is 5.65. The summed E-state index contributed by atoms with van der Waals surface area (Å²) in [6, 6.07) is 15.4. The topological polar surface area (TPSA) is 31.4 Å². The first-order valence-electron chi connectivity index (χ1n) is 9.05. The van der Waals surface area contributed by atoms with Crippen molar-refractivity contribution in [3.63, 3.8) is 0 Å². The minimum atomic E-state index is 0.205. The fourth-order valence-corrected chi connectivity index (χ4v) is 4.32. The first kappa shape index (κ1) is 15.6. The summed E-state index contributed by atoms with van der Waals surface area (Å²) in [5.74, 6) is 0. The normalized spacial score (nSPS) is 21.6. The molecule has 0 amide bonds. The van der Waals surface area contributed by atoms with Gasteiger partial charge in [-0.15, -0.1) is 0 Å². The average molecular weight is 322 g/mol. The summed E-state index contributed by atoms with van der Waals surface area (Å²) in [7, 11) is 0. The van der Waals surface area contributed by atoms with Crippen LogP contribution in [0.15, 0.2) is 54.9 Å². The third-order valence-corrected chi connectivity index (χ3v) is 5.65. The Balaban J connectivity index is 1.53. The Morgan fingerprint density at radius 2 is 1.50 bits per heavy atom. The van der Waals surface area contributed by atoms with Gasteiger partial charge in [-0.25, -0.2) is 0 Å². The van der Waals surface area contributed by atoms with Crippen molar-refractivity contribution < 1.29 is 0 Å².